The van der Waals surface area contributed by atoms with E-state index in [1.54, 1.807) is 0 Å². The Bertz CT molecular complexity index is 419. The first-order valence-corrected chi connectivity index (χ1v) is 7.18. The second-order valence-electron chi connectivity index (χ2n) is 5.08. The topological polar surface area (TPSA) is 15.3 Å². The molecule has 1 heterocycles. The van der Waals surface area contributed by atoms with Crippen molar-refractivity contribution in [3.63, 3.8) is 0 Å². The van der Waals surface area contributed by atoms with Crippen molar-refractivity contribution in [3.8, 4) is 11.8 Å². The van der Waals surface area contributed by atoms with E-state index in [2.05, 4.69) is 29.0 Å². The fraction of sp³-hybridized carbons (Fsp3) is 0.471. The molecule has 0 aromatic heterocycles. The molecule has 2 rings (SSSR count). The van der Waals surface area contributed by atoms with Gasteiger partial charge in [0, 0.05) is 18.7 Å². The van der Waals surface area contributed by atoms with Crippen molar-refractivity contribution in [1.82, 2.24) is 10.2 Å². The second kappa shape index (κ2) is 7.99. The monoisotopic (exact) mass is 255 g/mol. The summed E-state index contributed by atoms with van der Waals surface area (Å²) in [7, 11) is 0. The molecule has 0 amide bonds. The van der Waals surface area contributed by atoms with E-state index in [0.29, 0.717) is 0 Å². The van der Waals surface area contributed by atoms with E-state index >= 15 is 0 Å². The summed E-state index contributed by atoms with van der Waals surface area (Å²) in [6.45, 7) is 9.35. The smallest absolute Gasteiger partial charge is 0.0580 e. The molecule has 1 aliphatic rings. The Kier molecular flexibility index (Phi) is 5.94. The molecule has 0 saturated carbocycles. The average molecular weight is 255 g/mol. The van der Waals surface area contributed by atoms with Gasteiger partial charge >= 0.3 is 0 Å². The molecule has 101 valence electrons. The molecule has 0 unspecified atom stereocenters. The number of hydrogen-bond donors (Lipinski definition) is 1. The predicted octanol–water partition coefficient (Wildman–Crippen LogP) is 2.30. The van der Waals surface area contributed by atoms with Crippen LogP contribution in [0.2, 0.25) is 0 Å². The van der Waals surface area contributed by atoms with E-state index in [9.17, 15) is 0 Å². The highest BCUT2D eigenvalue weighted by atomic mass is 15.1. The van der Waals surface area contributed by atoms with Crippen LogP contribution in [0, 0.1) is 18.8 Å². The molecule has 0 bridgehead atoms. The van der Waals surface area contributed by atoms with E-state index in [1.807, 2.05) is 24.3 Å². The van der Waals surface area contributed by atoms with Crippen LogP contribution in [-0.2, 0) is 0 Å². The van der Waals surface area contributed by atoms with Gasteiger partial charge in [-0.1, -0.05) is 30.4 Å². The summed E-state index contributed by atoms with van der Waals surface area (Å²) in [5.41, 5.74) is 2.09. The number of nitrogens with one attached hydrogen (secondary N) is 1. The Labute approximate surface area is 117 Å². The van der Waals surface area contributed by atoms with Crippen molar-refractivity contribution < 1.29 is 0 Å². The minimum Gasteiger partial charge on any atom is -0.305 e. The highest BCUT2D eigenvalue weighted by molar-refractivity contribution is 5.36. The van der Waals surface area contributed by atoms with E-state index < -0.39 is 0 Å². The molecule has 0 spiro atoms. The van der Waals surface area contributed by atoms with Crippen LogP contribution in [-0.4, -0.2) is 37.6 Å². The summed E-state index contributed by atoms with van der Waals surface area (Å²) in [5.74, 6) is 6.32. The Morgan fingerprint density at radius 3 is 2.58 bits per heavy atom. The lowest BCUT2D eigenvalue weighted by atomic mass is 10.1. The third-order valence-corrected chi connectivity index (χ3v) is 3.45. The van der Waals surface area contributed by atoms with E-state index in [0.717, 1.165) is 30.8 Å². The first-order valence-electron chi connectivity index (χ1n) is 7.18. The lowest BCUT2D eigenvalue weighted by Crippen LogP contribution is -2.35. The summed E-state index contributed by atoms with van der Waals surface area (Å²) >= 11 is 0. The van der Waals surface area contributed by atoms with Crippen LogP contribution < -0.4 is 5.32 Å². The van der Waals surface area contributed by atoms with Gasteiger partial charge in [0.2, 0.25) is 0 Å². The summed E-state index contributed by atoms with van der Waals surface area (Å²) in [6, 6.07) is 8.02. The first kappa shape index (κ1) is 14.1. The lowest BCUT2D eigenvalue weighted by molar-refractivity contribution is 0.230. The highest BCUT2D eigenvalue weighted by Gasteiger charge is 2.08. The number of benzene rings is 1. The lowest BCUT2D eigenvalue weighted by Gasteiger charge is -2.26. The van der Waals surface area contributed by atoms with Crippen LogP contribution in [0.15, 0.2) is 24.3 Å². The number of piperidine rings is 1. The van der Waals surface area contributed by atoms with Crippen LogP contribution in [0.5, 0.6) is 0 Å². The van der Waals surface area contributed by atoms with Crippen molar-refractivity contribution in [2.75, 3.05) is 32.7 Å². The minimum absolute atomic E-state index is 0.764. The fourth-order valence-corrected chi connectivity index (χ4v) is 2.31. The summed E-state index contributed by atoms with van der Waals surface area (Å²) in [4.78, 5) is 2.54. The maximum absolute atomic E-state index is 3.86. The second-order valence-corrected chi connectivity index (χ2v) is 5.08. The Balaban J connectivity index is 1.60. The van der Waals surface area contributed by atoms with Crippen molar-refractivity contribution in [1.29, 1.82) is 0 Å². The van der Waals surface area contributed by atoms with E-state index in [4.69, 9.17) is 0 Å². The molecule has 1 radical (unpaired) electrons. The molecule has 1 N–H and O–H groups in total. The van der Waals surface area contributed by atoms with Gasteiger partial charge in [-0.3, -0.25) is 0 Å². The van der Waals surface area contributed by atoms with Crippen LogP contribution >= 0.6 is 0 Å². The Hall–Kier alpha value is -1.30. The van der Waals surface area contributed by atoms with Crippen molar-refractivity contribution in [2.24, 2.45) is 0 Å². The molecule has 19 heavy (non-hydrogen) atoms. The molecule has 2 nitrogen and oxygen atoms in total. The maximum atomic E-state index is 3.86. The minimum atomic E-state index is 0.764. The van der Waals surface area contributed by atoms with Crippen molar-refractivity contribution in [2.45, 2.75) is 19.3 Å². The SMILES string of the molecule is [CH2]c1ccc(C#CCNCCN2CCCCC2)cc1. The molecule has 0 aliphatic carbocycles. The van der Waals surface area contributed by atoms with Crippen molar-refractivity contribution in [3.05, 3.63) is 42.3 Å². The molecule has 2 heteroatoms. The summed E-state index contributed by atoms with van der Waals surface area (Å²) in [6.07, 6.45) is 4.13. The summed E-state index contributed by atoms with van der Waals surface area (Å²) < 4.78 is 0. The number of rotatable bonds is 4. The molecule has 1 aromatic rings. The highest BCUT2D eigenvalue weighted by Crippen LogP contribution is 2.07. The third kappa shape index (κ3) is 5.46. The van der Waals surface area contributed by atoms with Gasteiger partial charge in [-0.15, -0.1) is 0 Å². The van der Waals surface area contributed by atoms with Gasteiger partial charge in [0.25, 0.3) is 0 Å². The molecule has 1 aromatic carbocycles. The van der Waals surface area contributed by atoms with Crippen LogP contribution in [0.1, 0.15) is 30.4 Å². The quantitative estimate of drug-likeness (QED) is 0.656. The molecular weight excluding hydrogens is 232 g/mol. The molecule has 0 atom stereocenters. The van der Waals surface area contributed by atoms with Gasteiger partial charge in [0.15, 0.2) is 0 Å². The van der Waals surface area contributed by atoms with Crippen molar-refractivity contribution >= 4 is 0 Å². The largest absolute Gasteiger partial charge is 0.305 e. The molecular formula is C17H23N2. The van der Waals surface area contributed by atoms with Crippen LogP contribution in [0.4, 0.5) is 0 Å². The normalized spacial score (nSPS) is 15.8. The van der Waals surface area contributed by atoms with Gasteiger partial charge in [-0.2, -0.15) is 0 Å². The van der Waals surface area contributed by atoms with E-state index in [-0.39, 0.29) is 0 Å². The molecule has 1 saturated heterocycles. The molecule has 1 fully saturated rings. The molecule has 1 aliphatic heterocycles. The number of hydrogen-bond acceptors (Lipinski definition) is 2. The van der Waals surface area contributed by atoms with Gasteiger partial charge < -0.3 is 10.2 Å². The fourth-order valence-electron chi connectivity index (χ4n) is 2.31. The van der Waals surface area contributed by atoms with Crippen LogP contribution in [0.3, 0.4) is 0 Å². The standard InChI is InChI=1S/C17H23N2/c1-16-7-9-17(10-8-16)6-5-11-18-12-15-19-13-3-2-4-14-19/h7-10,18H,1-4,11-15H2. The number of likely N-dealkylation sites (tertiary alicyclic amines) is 1. The Morgan fingerprint density at radius 2 is 1.84 bits per heavy atom. The maximum Gasteiger partial charge on any atom is 0.0580 e. The third-order valence-electron chi connectivity index (χ3n) is 3.45. The predicted molar refractivity (Wildman–Crippen MR) is 80.9 cm³/mol. The Morgan fingerprint density at radius 1 is 1.11 bits per heavy atom. The van der Waals surface area contributed by atoms with Gasteiger partial charge in [0.1, 0.15) is 0 Å². The average Bonchev–Trinajstić information content (AvgIpc) is 2.46. The zero-order valence-electron chi connectivity index (χ0n) is 11.6. The van der Waals surface area contributed by atoms with Gasteiger partial charge in [-0.05, 0) is 50.6 Å². The first-order chi connectivity index (χ1) is 9.34. The van der Waals surface area contributed by atoms with E-state index in [1.165, 1.54) is 32.4 Å². The van der Waals surface area contributed by atoms with Crippen LogP contribution in [0.25, 0.3) is 0 Å². The number of nitrogens with zero attached hydrogens (tertiary/aromatic N) is 1. The van der Waals surface area contributed by atoms with Gasteiger partial charge in [-0.25, -0.2) is 0 Å². The zero-order chi connectivity index (χ0) is 13.3. The summed E-state index contributed by atoms with van der Waals surface area (Å²) in [5, 5.41) is 3.39. The van der Waals surface area contributed by atoms with Gasteiger partial charge in [0.05, 0.1) is 6.54 Å². The zero-order valence-corrected chi connectivity index (χ0v) is 11.6.